The van der Waals surface area contributed by atoms with Crippen LogP contribution in [-0.2, 0) is 6.42 Å². The van der Waals surface area contributed by atoms with Crippen LogP contribution >= 0.6 is 15.9 Å². The van der Waals surface area contributed by atoms with Crippen LogP contribution in [0, 0.1) is 0 Å². The average molecular weight is 295 g/mol. The van der Waals surface area contributed by atoms with Gasteiger partial charge in [-0.3, -0.25) is 0 Å². The van der Waals surface area contributed by atoms with Crippen LogP contribution in [-0.4, -0.2) is 18.6 Å². The molecule has 0 amide bonds. The third-order valence-corrected chi connectivity index (χ3v) is 3.20. The molecule has 0 bridgehead atoms. The molecule has 17 heavy (non-hydrogen) atoms. The monoisotopic (exact) mass is 294 g/mol. The Morgan fingerprint density at radius 1 is 1.35 bits per heavy atom. The van der Waals surface area contributed by atoms with Gasteiger partial charge in [0, 0.05) is 16.5 Å². The molecule has 4 heteroatoms. The van der Waals surface area contributed by atoms with Crippen molar-refractivity contribution in [2.24, 2.45) is 0 Å². The van der Waals surface area contributed by atoms with Crippen molar-refractivity contribution >= 4 is 15.9 Å². The number of aromatic nitrogens is 1. The van der Waals surface area contributed by atoms with E-state index in [9.17, 15) is 0 Å². The van der Waals surface area contributed by atoms with Crippen LogP contribution in [0.15, 0.2) is 39.4 Å². The second-order valence-electron chi connectivity index (χ2n) is 3.81. The standard InChI is InChI=1S/C13H15BrN2O/c1-15-8-4-7-13-16-9-12(17-13)10-5-2-3-6-11(10)14/h2-3,5-6,9,15H,4,7-8H2,1H3. The first-order valence-corrected chi connectivity index (χ1v) is 6.45. The molecule has 0 aliphatic heterocycles. The Morgan fingerprint density at radius 2 is 2.18 bits per heavy atom. The van der Waals surface area contributed by atoms with Gasteiger partial charge in [0.05, 0.1) is 6.20 Å². The molecule has 0 saturated heterocycles. The number of benzene rings is 1. The van der Waals surface area contributed by atoms with Crippen molar-refractivity contribution in [2.45, 2.75) is 12.8 Å². The zero-order chi connectivity index (χ0) is 12.1. The van der Waals surface area contributed by atoms with Crippen LogP contribution in [0.1, 0.15) is 12.3 Å². The van der Waals surface area contributed by atoms with E-state index in [2.05, 4.69) is 26.2 Å². The average Bonchev–Trinajstić information content (AvgIpc) is 2.79. The van der Waals surface area contributed by atoms with E-state index in [1.54, 1.807) is 6.20 Å². The summed E-state index contributed by atoms with van der Waals surface area (Å²) in [4.78, 5) is 4.29. The Bertz CT molecular complexity index is 482. The molecular formula is C13H15BrN2O. The van der Waals surface area contributed by atoms with Crippen molar-refractivity contribution < 1.29 is 4.42 Å². The molecule has 2 rings (SSSR count). The van der Waals surface area contributed by atoms with Gasteiger partial charge >= 0.3 is 0 Å². The van der Waals surface area contributed by atoms with Crippen LogP contribution in [0.3, 0.4) is 0 Å². The molecule has 0 saturated carbocycles. The lowest BCUT2D eigenvalue weighted by atomic mass is 10.2. The number of oxazole rings is 1. The molecule has 3 nitrogen and oxygen atoms in total. The maximum atomic E-state index is 5.73. The van der Waals surface area contributed by atoms with Gasteiger partial charge in [-0.2, -0.15) is 0 Å². The Balaban J connectivity index is 2.10. The highest BCUT2D eigenvalue weighted by molar-refractivity contribution is 9.10. The maximum absolute atomic E-state index is 5.73. The molecule has 1 N–H and O–H groups in total. The molecular weight excluding hydrogens is 280 g/mol. The van der Waals surface area contributed by atoms with E-state index < -0.39 is 0 Å². The highest BCUT2D eigenvalue weighted by Crippen LogP contribution is 2.28. The van der Waals surface area contributed by atoms with Gasteiger partial charge in [0.2, 0.25) is 0 Å². The number of hydrogen-bond acceptors (Lipinski definition) is 3. The summed E-state index contributed by atoms with van der Waals surface area (Å²) in [6.07, 6.45) is 3.69. The smallest absolute Gasteiger partial charge is 0.194 e. The Kier molecular flexibility index (Phi) is 4.34. The minimum atomic E-state index is 0.797. The van der Waals surface area contributed by atoms with Crippen LogP contribution < -0.4 is 5.32 Å². The predicted octanol–water partition coefficient (Wildman–Crippen LogP) is 3.26. The van der Waals surface area contributed by atoms with Crippen molar-refractivity contribution in [3.05, 3.63) is 40.8 Å². The number of halogens is 1. The first kappa shape index (κ1) is 12.3. The van der Waals surface area contributed by atoms with E-state index in [4.69, 9.17) is 4.42 Å². The van der Waals surface area contributed by atoms with Crippen molar-refractivity contribution in [3.63, 3.8) is 0 Å². The normalized spacial score (nSPS) is 10.7. The van der Waals surface area contributed by atoms with Gasteiger partial charge in [-0.15, -0.1) is 0 Å². The summed E-state index contributed by atoms with van der Waals surface area (Å²) in [5.41, 5.74) is 1.04. The van der Waals surface area contributed by atoms with Crippen LogP contribution in [0.4, 0.5) is 0 Å². The van der Waals surface area contributed by atoms with E-state index in [1.165, 1.54) is 0 Å². The van der Waals surface area contributed by atoms with Crippen LogP contribution in [0.5, 0.6) is 0 Å². The number of aryl methyl sites for hydroxylation is 1. The minimum Gasteiger partial charge on any atom is -0.441 e. The third-order valence-electron chi connectivity index (χ3n) is 2.51. The number of nitrogens with one attached hydrogen (secondary N) is 1. The first-order chi connectivity index (χ1) is 8.31. The Hall–Kier alpha value is -1.13. The van der Waals surface area contributed by atoms with Crippen LogP contribution in [0.25, 0.3) is 11.3 Å². The molecule has 1 heterocycles. The molecule has 0 spiro atoms. The molecule has 1 aromatic carbocycles. The van der Waals surface area contributed by atoms with Gasteiger partial charge in [-0.25, -0.2) is 4.98 Å². The summed E-state index contributed by atoms with van der Waals surface area (Å²) in [7, 11) is 1.95. The van der Waals surface area contributed by atoms with Gasteiger partial charge in [-0.05, 0) is 26.1 Å². The van der Waals surface area contributed by atoms with Crippen molar-refractivity contribution in [1.82, 2.24) is 10.3 Å². The van der Waals surface area contributed by atoms with Gasteiger partial charge in [-0.1, -0.05) is 34.1 Å². The van der Waals surface area contributed by atoms with Gasteiger partial charge in [0.15, 0.2) is 11.7 Å². The summed E-state index contributed by atoms with van der Waals surface area (Å²) in [5.74, 6) is 1.61. The fraction of sp³-hybridized carbons (Fsp3) is 0.308. The predicted molar refractivity (Wildman–Crippen MR) is 71.9 cm³/mol. The fourth-order valence-electron chi connectivity index (χ4n) is 1.63. The third kappa shape index (κ3) is 3.17. The van der Waals surface area contributed by atoms with Crippen LogP contribution in [0.2, 0.25) is 0 Å². The second kappa shape index (κ2) is 5.98. The van der Waals surface area contributed by atoms with E-state index in [0.717, 1.165) is 41.1 Å². The molecule has 1 aromatic heterocycles. The van der Waals surface area contributed by atoms with Gasteiger partial charge < -0.3 is 9.73 Å². The fourth-order valence-corrected chi connectivity index (χ4v) is 2.11. The number of hydrogen-bond donors (Lipinski definition) is 1. The summed E-state index contributed by atoms with van der Waals surface area (Å²) in [6, 6.07) is 7.99. The summed E-state index contributed by atoms with van der Waals surface area (Å²) >= 11 is 3.51. The molecule has 0 aliphatic rings. The number of nitrogens with zero attached hydrogens (tertiary/aromatic N) is 1. The maximum Gasteiger partial charge on any atom is 0.194 e. The topological polar surface area (TPSA) is 38.1 Å². The summed E-state index contributed by atoms with van der Waals surface area (Å²) < 4.78 is 6.75. The highest BCUT2D eigenvalue weighted by Gasteiger charge is 2.08. The lowest BCUT2D eigenvalue weighted by Gasteiger charge is -1.99. The quantitative estimate of drug-likeness (QED) is 0.860. The first-order valence-electron chi connectivity index (χ1n) is 5.65. The molecule has 90 valence electrons. The van der Waals surface area contributed by atoms with E-state index >= 15 is 0 Å². The molecule has 2 aromatic rings. The SMILES string of the molecule is CNCCCc1ncc(-c2ccccc2Br)o1. The Morgan fingerprint density at radius 3 is 2.94 bits per heavy atom. The second-order valence-corrected chi connectivity index (χ2v) is 4.66. The zero-order valence-corrected chi connectivity index (χ0v) is 11.3. The molecule has 0 atom stereocenters. The van der Waals surface area contributed by atoms with E-state index in [0.29, 0.717) is 0 Å². The molecule has 0 fully saturated rings. The van der Waals surface area contributed by atoms with Gasteiger partial charge in [0.1, 0.15) is 0 Å². The lowest BCUT2D eigenvalue weighted by molar-refractivity contribution is 0.495. The van der Waals surface area contributed by atoms with Gasteiger partial charge in [0.25, 0.3) is 0 Å². The number of rotatable bonds is 5. The molecule has 0 aliphatic carbocycles. The van der Waals surface area contributed by atoms with Crippen molar-refractivity contribution in [3.8, 4) is 11.3 Å². The Labute approximate surface area is 109 Å². The van der Waals surface area contributed by atoms with E-state index in [1.807, 2.05) is 31.3 Å². The summed E-state index contributed by atoms with van der Waals surface area (Å²) in [5, 5.41) is 3.11. The zero-order valence-electron chi connectivity index (χ0n) is 9.74. The molecule has 0 radical (unpaired) electrons. The lowest BCUT2D eigenvalue weighted by Crippen LogP contribution is -2.08. The van der Waals surface area contributed by atoms with Crippen molar-refractivity contribution in [1.29, 1.82) is 0 Å². The minimum absolute atomic E-state index is 0.797. The largest absolute Gasteiger partial charge is 0.441 e. The van der Waals surface area contributed by atoms with E-state index in [-0.39, 0.29) is 0 Å². The van der Waals surface area contributed by atoms with Crippen molar-refractivity contribution in [2.75, 3.05) is 13.6 Å². The molecule has 0 unspecified atom stereocenters. The highest BCUT2D eigenvalue weighted by atomic mass is 79.9. The summed E-state index contributed by atoms with van der Waals surface area (Å²) in [6.45, 7) is 0.979.